The highest BCUT2D eigenvalue weighted by Crippen LogP contribution is 2.46. The lowest BCUT2D eigenvalue weighted by Crippen LogP contribution is -2.24. The van der Waals surface area contributed by atoms with Crippen LogP contribution < -0.4 is 20.4 Å². The molecule has 0 aliphatic rings. The maximum atomic E-state index is 12.8. The first kappa shape index (κ1) is 46.6. The van der Waals surface area contributed by atoms with Crippen molar-refractivity contribution < 1.29 is 48.8 Å². The molecule has 20 nitrogen and oxygen atoms in total. The van der Waals surface area contributed by atoms with E-state index in [-0.39, 0.29) is 39.9 Å². The number of rotatable bonds is 16. The standard InChI is InChI=1S/C38H35BrClN9O11S3/c1-3-48(24-11-7-5-8-12-24)37-43-36(44-38(45-37)49(4-2)25-13-9-6-10-14-25)42-29-20-26(61(52,53)54)17-22-18-31(63(58,59)60)33(34(50)32(22)29)47-46-28-19-23(41-35(51)27(40)21-39)15-16-30(28)62(55,56)57/h5-20,27,50H,3-4,21H2,1-2H3,(H,41,51)(H,52,53,54)(H,55,56,57)(H,58,59,60)(H,42,43,44,45). The fourth-order valence-corrected chi connectivity index (χ4v) is 8.31. The zero-order valence-corrected chi connectivity index (χ0v) is 37.5. The van der Waals surface area contributed by atoms with Gasteiger partial charge in [0, 0.05) is 40.9 Å². The Balaban J connectivity index is 1.60. The Kier molecular flexibility index (Phi) is 14.0. The third kappa shape index (κ3) is 10.7. The van der Waals surface area contributed by atoms with Crippen LogP contribution in [-0.4, -0.2) is 88.7 Å². The molecule has 0 aliphatic carbocycles. The van der Waals surface area contributed by atoms with E-state index in [0.717, 1.165) is 30.3 Å². The monoisotopic (exact) mass is 1000 g/mol. The van der Waals surface area contributed by atoms with Gasteiger partial charge in [0.15, 0.2) is 5.75 Å². The Morgan fingerprint density at radius 1 is 0.746 bits per heavy atom. The van der Waals surface area contributed by atoms with E-state index in [1.54, 1.807) is 9.80 Å². The highest BCUT2D eigenvalue weighted by Gasteiger charge is 2.27. The molecule has 1 atom stereocenters. The summed E-state index contributed by atoms with van der Waals surface area (Å²) >= 11 is 9.03. The molecule has 1 heterocycles. The second-order valence-corrected chi connectivity index (χ2v) is 18.5. The average Bonchev–Trinajstić information content (AvgIpc) is 3.23. The molecule has 0 spiro atoms. The van der Waals surface area contributed by atoms with E-state index in [0.29, 0.717) is 30.5 Å². The molecule has 1 unspecified atom stereocenters. The van der Waals surface area contributed by atoms with E-state index in [9.17, 15) is 48.8 Å². The van der Waals surface area contributed by atoms with Gasteiger partial charge in [-0.2, -0.15) is 40.2 Å². The molecule has 1 aromatic heterocycles. The SMILES string of the molecule is CCN(c1ccccc1)c1nc(Nc2cc(S(=O)(=O)O)cc3cc(S(=O)(=O)O)c(N=Nc4cc(NC(=O)C(Cl)CBr)ccc4S(=O)(=O)O)c(O)c23)nc(N(CC)c2ccccc2)n1. The molecule has 6 N–H and O–H groups in total. The zero-order chi connectivity index (χ0) is 45.9. The van der Waals surface area contributed by atoms with Crippen LogP contribution in [0.2, 0.25) is 0 Å². The molecule has 330 valence electrons. The first-order valence-electron chi connectivity index (χ1n) is 18.2. The van der Waals surface area contributed by atoms with E-state index in [2.05, 4.69) is 46.8 Å². The number of hydrogen-bond acceptors (Lipinski definition) is 16. The highest BCUT2D eigenvalue weighted by molar-refractivity contribution is 9.09. The van der Waals surface area contributed by atoms with Crippen molar-refractivity contribution in [3.63, 3.8) is 0 Å². The number of aromatic nitrogens is 3. The first-order valence-corrected chi connectivity index (χ1v) is 24.1. The minimum absolute atomic E-state index is 0.0453. The summed E-state index contributed by atoms with van der Waals surface area (Å²) in [4.78, 5) is 27.2. The molecule has 0 bridgehead atoms. The zero-order valence-electron chi connectivity index (χ0n) is 32.7. The molecule has 0 saturated heterocycles. The normalized spacial score (nSPS) is 12.6. The first-order chi connectivity index (χ1) is 29.7. The van der Waals surface area contributed by atoms with Gasteiger partial charge in [-0.05, 0) is 79.9 Å². The van der Waals surface area contributed by atoms with Crippen LogP contribution in [0.5, 0.6) is 5.75 Å². The van der Waals surface area contributed by atoms with Crippen LogP contribution in [0.3, 0.4) is 0 Å². The minimum atomic E-state index is -5.37. The van der Waals surface area contributed by atoms with Gasteiger partial charge >= 0.3 is 0 Å². The summed E-state index contributed by atoms with van der Waals surface area (Å²) in [7, 11) is -15.5. The number of phenolic OH excluding ortho intramolecular Hbond substituents is 1. The largest absolute Gasteiger partial charge is 0.505 e. The predicted octanol–water partition coefficient (Wildman–Crippen LogP) is 7.89. The predicted molar refractivity (Wildman–Crippen MR) is 239 cm³/mol. The van der Waals surface area contributed by atoms with Crippen LogP contribution in [-0.2, 0) is 35.1 Å². The number of para-hydroxylation sites is 2. The van der Waals surface area contributed by atoms with Gasteiger partial charge in [-0.1, -0.05) is 52.3 Å². The maximum absolute atomic E-state index is 12.8. The number of carbonyl (C=O) groups excluding carboxylic acids is 1. The molecule has 0 radical (unpaired) electrons. The topological polar surface area (TPSA) is 294 Å². The number of anilines is 7. The van der Waals surface area contributed by atoms with E-state index >= 15 is 0 Å². The average molecular weight is 1010 g/mol. The van der Waals surface area contributed by atoms with Crippen LogP contribution in [0.15, 0.2) is 122 Å². The van der Waals surface area contributed by atoms with E-state index in [4.69, 9.17) is 16.6 Å². The van der Waals surface area contributed by atoms with Gasteiger partial charge in [0.25, 0.3) is 30.4 Å². The van der Waals surface area contributed by atoms with E-state index in [1.807, 2.05) is 74.5 Å². The molecule has 0 aliphatic heterocycles. The summed E-state index contributed by atoms with van der Waals surface area (Å²) < 4.78 is 106. The van der Waals surface area contributed by atoms with Crippen molar-refractivity contribution in [1.29, 1.82) is 0 Å². The summed E-state index contributed by atoms with van der Waals surface area (Å²) in [5.74, 6) is -1.78. The van der Waals surface area contributed by atoms with Crippen molar-refractivity contribution >= 4 is 127 Å². The van der Waals surface area contributed by atoms with Gasteiger partial charge in [0.05, 0.1) is 10.6 Å². The molecule has 1 amide bonds. The van der Waals surface area contributed by atoms with Gasteiger partial charge < -0.3 is 25.5 Å². The number of benzene rings is 5. The smallest absolute Gasteiger partial charge is 0.296 e. The lowest BCUT2D eigenvalue weighted by Gasteiger charge is -2.25. The number of nitrogens with zero attached hydrogens (tertiary/aromatic N) is 7. The van der Waals surface area contributed by atoms with Gasteiger partial charge in [0.1, 0.15) is 26.5 Å². The Hall–Kier alpha value is -5.86. The number of hydrogen-bond donors (Lipinski definition) is 6. The van der Waals surface area contributed by atoms with Crippen molar-refractivity contribution in [3.8, 4) is 5.75 Å². The van der Waals surface area contributed by atoms with Crippen molar-refractivity contribution in [1.82, 2.24) is 15.0 Å². The molecule has 5 aromatic carbocycles. The van der Waals surface area contributed by atoms with Crippen LogP contribution >= 0.6 is 27.5 Å². The van der Waals surface area contributed by atoms with Crippen LogP contribution in [0.4, 0.5) is 52.0 Å². The van der Waals surface area contributed by atoms with Crippen LogP contribution in [0.1, 0.15) is 13.8 Å². The Morgan fingerprint density at radius 3 is 1.79 bits per heavy atom. The lowest BCUT2D eigenvalue weighted by atomic mass is 10.1. The van der Waals surface area contributed by atoms with Gasteiger partial charge in [-0.15, -0.1) is 21.8 Å². The van der Waals surface area contributed by atoms with Crippen LogP contribution in [0.25, 0.3) is 10.8 Å². The third-order valence-corrected chi connectivity index (χ3v) is 13.0. The van der Waals surface area contributed by atoms with Crippen molar-refractivity contribution in [2.75, 3.05) is 38.9 Å². The number of fused-ring (bicyclic) bond motifs is 1. The minimum Gasteiger partial charge on any atom is -0.505 e. The Morgan fingerprint density at radius 2 is 1.30 bits per heavy atom. The number of nitrogens with one attached hydrogen (secondary N) is 2. The Bertz CT molecular complexity index is 3020. The third-order valence-electron chi connectivity index (χ3n) is 8.99. The lowest BCUT2D eigenvalue weighted by molar-refractivity contribution is -0.115. The maximum Gasteiger partial charge on any atom is 0.296 e. The highest BCUT2D eigenvalue weighted by atomic mass is 79.9. The fraction of sp³-hybridized carbons (Fsp3) is 0.158. The van der Waals surface area contributed by atoms with E-state index < -0.39 is 78.8 Å². The summed E-state index contributed by atoms with van der Waals surface area (Å²) in [5.41, 5.74) is -0.721. The molecule has 6 rings (SSSR count). The quantitative estimate of drug-likeness (QED) is 0.0305. The number of halogens is 2. The van der Waals surface area contributed by atoms with Crippen molar-refractivity contribution in [3.05, 3.63) is 97.1 Å². The second kappa shape index (κ2) is 18.9. The molecule has 6 aromatic rings. The fourth-order valence-electron chi connectivity index (χ4n) is 6.15. The molecule has 0 fully saturated rings. The molecule has 0 saturated carbocycles. The summed E-state index contributed by atoms with van der Waals surface area (Å²) in [6.45, 7) is 4.43. The Labute approximate surface area is 374 Å². The molecular weight excluding hydrogens is 970 g/mol. The van der Waals surface area contributed by atoms with Crippen molar-refractivity contribution in [2.24, 2.45) is 10.2 Å². The number of azo groups is 1. The van der Waals surface area contributed by atoms with Gasteiger partial charge in [-0.3, -0.25) is 18.5 Å². The second-order valence-electron chi connectivity index (χ2n) is 13.1. The van der Waals surface area contributed by atoms with Crippen molar-refractivity contribution in [2.45, 2.75) is 33.9 Å². The van der Waals surface area contributed by atoms with E-state index in [1.165, 1.54) is 0 Å². The van der Waals surface area contributed by atoms with Crippen LogP contribution in [0, 0.1) is 0 Å². The summed E-state index contributed by atoms with van der Waals surface area (Å²) in [6, 6.07) is 23.5. The number of phenols is 1. The molecule has 63 heavy (non-hydrogen) atoms. The number of aromatic hydroxyl groups is 1. The number of carbonyl (C=O) groups is 1. The van der Waals surface area contributed by atoms with Gasteiger partial charge in [-0.25, -0.2) is 0 Å². The van der Waals surface area contributed by atoms with Gasteiger partial charge in [0.2, 0.25) is 23.8 Å². The molecule has 25 heteroatoms. The summed E-state index contributed by atoms with van der Waals surface area (Å²) in [6.07, 6.45) is 0. The number of alkyl halides is 2. The summed E-state index contributed by atoms with van der Waals surface area (Å²) in [5, 5.41) is 22.9. The molecular formula is C38H35BrClN9O11S3. The number of amides is 1.